The number of hydrogen-bond donors (Lipinski definition) is 0. The molecule has 2 aromatic carbocycles. The van der Waals surface area contributed by atoms with Gasteiger partial charge in [-0.25, -0.2) is 9.97 Å². The molecule has 0 N–H and O–H groups in total. The fraction of sp³-hybridized carbons (Fsp3) is 0.292. The second-order valence-electron chi connectivity index (χ2n) is 8.34. The Labute approximate surface area is 183 Å². The Kier molecular flexibility index (Phi) is 5.07. The van der Waals surface area contributed by atoms with Gasteiger partial charge in [0, 0.05) is 56.0 Å². The van der Waals surface area contributed by atoms with Gasteiger partial charge < -0.3 is 9.80 Å². The molecule has 2 aliphatic rings. The van der Waals surface area contributed by atoms with Gasteiger partial charge in [-0.3, -0.25) is 4.79 Å². The lowest BCUT2D eigenvalue weighted by Gasteiger charge is -2.21. The number of nitrogens with zero attached hydrogens (tertiary/aromatic N) is 4. The molecule has 2 saturated heterocycles. The fourth-order valence-electron chi connectivity index (χ4n) is 4.64. The van der Waals surface area contributed by atoms with Crippen molar-refractivity contribution in [2.75, 3.05) is 31.1 Å². The van der Waals surface area contributed by atoms with Crippen molar-refractivity contribution in [3.8, 4) is 11.1 Å². The highest BCUT2D eigenvalue weighted by atomic mass is 19.4. The summed E-state index contributed by atoms with van der Waals surface area (Å²) in [6, 6.07) is 13.8. The molecule has 2 atom stereocenters. The molecular formula is C24H21F3N4O. The van der Waals surface area contributed by atoms with Crippen molar-refractivity contribution in [3.05, 3.63) is 78.1 Å². The van der Waals surface area contributed by atoms with E-state index < -0.39 is 11.7 Å². The van der Waals surface area contributed by atoms with Gasteiger partial charge in [0.1, 0.15) is 0 Å². The third-order valence-electron chi connectivity index (χ3n) is 6.26. The van der Waals surface area contributed by atoms with Crippen LogP contribution in [0.4, 0.5) is 19.1 Å². The highest BCUT2D eigenvalue weighted by molar-refractivity contribution is 5.95. The molecule has 164 valence electrons. The monoisotopic (exact) mass is 438 g/mol. The summed E-state index contributed by atoms with van der Waals surface area (Å²) in [5.41, 5.74) is 0.972. The molecule has 3 heterocycles. The molecule has 1 amide bonds. The molecule has 8 heteroatoms. The summed E-state index contributed by atoms with van der Waals surface area (Å²) in [6.07, 6.45) is -0.924. The van der Waals surface area contributed by atoms with Crippen LogP contribution in [-0.4, -0.2) is 47.0 Å². The van der Waals surface area contributed by atoms with Gasteiger partial charge in [0.15, 0.2) is 0 Å². The molecule has 1 aromatic heterocycles. The molecule has 2 fully saturated rings. The first-order chi connectivity index (χ1) is 15.4. The molecule has 0 aliphatic carbocycles. The number of hydrogen-bond acceptors (Lipinski definition) is 4. The van der Waals surface area contributed by atoms with Crippen LogP contribution in [0.15, 0.2) is 67.0 Å². The maximum absolute atomic E-state index is 13.0. The zero-order valence-corrected chi connectivity index (χ0v) is 17.2. The maximum atomic E-state index is 13.0. The average molecular weight is 438 g/mol. The van der Waals surface area contributed by atoms with Crippen molar-refractivity contribution in [3.63, 3.8) is 0 Å². The molecule has 0 spiro atoms. The Balaban J connectivity index is 1.25. The van der Waals surface area contributed by atoms with Crippen molar-refractivity contribution in [1.29, 1.82) is 0 Å². The normalized spacial score (nSPS) is 20.5. The van der Waals surface area contributed by atoms with Crippen molar-refractivity contribution < 1.29 is 18.0 Å². The minimum absolute atomic E-state index is 0.0440. The highest BCUT2D eigenvalue weighted by Crippen LogP contribution is 2.34. The van der Waals surface area contributed by atoms with Crippen LogP contribution in [0.5, 0.6) is 0 Å². The number of anilines is 1. The van der Waals surface area contributed by atoms with Gasteiger partial charge >= 0.3 is 6.18 Å². The second kappa shape index (κ2) is 7.93. The largest absolute Gasteiger partial charge is 0.416 e. The highest BCUT2D eigenvalue weighted by Gasteiger charge is 2.42. The first-order valence-corrected chi connectivity index (χ1v) is 10.5. The van der Waals surface area contributed by atoms with Gasteiger partial charge in [-0.15, -0.1) is 0 Å². The average Bonchev–Trinajstić information content (AvgIpc) is 3.38. The van der Waals surface area contributed by atoms with E-state index >= 15 is 0 Å². The van der Waals surface area contributed by atoms with Gasteiger partial charge in [0.2, 0.25) is 5.95 Å². The number of rotatable bonds is 3. The quantitative estimate of drug-likeness (QED) is 0.609. The van der Waals surface area contributed by atoms with Gasteiger partial charge in [0.05, 0.1) is 5.56 Å². The SMILES string of the molecule is O=C(c1ccc(-c2cccc(C(F)(F)F)c2)cc1)N1CC2CN(c3ncccn3)CC2C1. The maximum Gasteiger partial charge on any atom is 0.416 e. The standard InChI is InChI=1S/C24H21F3N4O/c25-24(26,27)21-4-1-3-18(11-21)16-5-7-17(8-6-16)22(32)30-12-19-14-31(15-20(19)13-30)23-28-9-2-10-29-23/h1-11,19-20H,12-15H2. The molecule has 2 aliphatic heterocycles. The van der Waals surface area contributed by atoms with Gasteiger partial charge in [-0.05, 0) is 41.5 Å². The molecule has 0 bridgehead atoms. The lowest BCUT2D eigenvalue weighted by Crippen LogP contribution is -2.33. The van der Waals surface area contributed by atoms with E-state index in [0.29, 0.717) is 41.6 Å². The van der Waals surface area contributed by atoms with Crippen molar-refractivity contribution >= 4 is 11.9 Å². The first kappa shape index (κ1) is 20.5. The van der Waals surface area contributed by atoms with Crippen molar-refractivity contribution in [2.45, 2.75) is 6.18 Å². The van der Waals surface area contributed by atoms with E-state index in [4.69, 9.17) is 0 Å². The lowest BCUT2D eigenvalue weighted by molar-refractivity contribution is -0.137. The number of aromatic nitrogens is 2. The summed E-state index contributed by atoms with van der Waals surface area (Å²) >= 11 is 0. The van der Waals surface area contributed by atoms with Gasteiger partial charge in [-0.1, -0.05) is 24.3 Å². The summed E-state index contributed by atoms with van der Waals surface area (Å²) in [7, 11) is 0. The summed E-state index contributed by atoms with van der Waals surface area (Å²) in [6.45, 7) is 3.02. The smallest absolute Gasteiger partial charge is 0.340 e. The molecule has 5 nitrogen and oxygen atoms in total. The predicted octanol–water partition coefficient (Wildman–Crippen LogP) is 4.37. The van der Waals surface area contributed by atoms with Crippen LogP contribution in [0.3, 0.4) is 0 Å². The molecule has 5 rings (SSSR count). The number of amides is 1. The Hall–Kier alpha value is -3.42. The minimum atomic E-state index is -4.39. The number of fused-ring (bicyclic) bond motifs is 1. The summed E-state index contributed by atoms with van der Waals surface area (Å²) in [4.78, 5) is 25.7. The lowest BCUT2D eigenvalue weighted by atomic mass is 10.0. The minimum Gasteiger partial charge on any atom is -0.340 e. The number of halogens is 3. The van der Waals surface area contributed by atoms with Crippen molar-refractivity contribution in [2.24, 2.45) is 11.8 Å². The number of carbonyl (C=O) groups is 1. The fourth-order valence-corrected chi connectivity index (χ4v) is 4.64. The van der Waals surface area contributed by atoms with Gasteiger partial charge in [0.25, 0.3) is 5.91 Å². The van der Waals surface area contributed by atoms with E-state index in [0.717, 1.165) is 31.2 Å². The van der Waals surface area contributed by atoms with E-state index in [2.05, 4.69) is 14.9 Å². The van der Waals surface area contributed by atoms with E-state index in [1.165, 1.54) is 6.07 Å². The summed E-state index contributed by atoms with van der Waals surface area (Å²) in [5, 5.41) is 0. The molecule has 0 radical (unpaired) electrons. The van der Waals surface area contributed by atoms with E-state index in [1.54, 1.807) is 48.8 Å². The molecule has 3 aromatic rings. The van der Waals surface area contributed by atoms with E-state index in [1.807, 2.05) is 4.90 Å². The number of likely N-dealkylation sites (tertiary alicyclic amines) is 1. The molecule has 0 saturated carbocycles. The second-order valence-corrected chi connectivity index (χ2v) is 8.34. The van der Waals surface area contributed by atoms with Crippen LogP contribution in [0, 0.1) is 11.8 Å². The van der Waals surface area contributed by atoms with Crippen LogP contribution >= 0.6 is 0 Å². The molecular weight excluding hydrogens is 417 g/mol. The number of benzene rings is 2. The Bertz CT molecular complexity index is 1100. The van der Waals surface area contributed by atoms with Crippen LogP contribution in [0.1, 0.15) is 15.9 Å². The van der Waals surface area contributed by atoms with E-state index in [9.17, 15) is 18.0 Å². The van der Waals surface area contributed by atoms with Crippen LogP contribution < -0.4 is 4.90 Å². The third-order valence-corrected chi connectivity index (χ3v) is 6.26. The number of alkyl halides is 3. The zero-order valence-electron chi connectivity index (χ0n) is 17.2. The topological polar surface area (TPSA) is 49.3 Å². The molecule has 32 heavy (non-hydrogen) atoms. The van der Waals surface area contributed by atoms with E-state index in [-0.39, 0.29) is 5.91 Å². The zero-order chi connectivity index (χ0) is 22.3. The summed E-state index contributed by atoms with van der Waals surface area (Å²) in [5.74, 6) is 1.45. The van der Waals surface area contributed by atoms with Crippen LogP contribution in [0.25, 0.3) is 11.1 Å². The molecule has 2 unspecified atom stereocenters. The summed E-state index contributed by atoms with van der Waals surface area (Å²) < 4.78 is 39.0. The van der Waals surface area contributed by atoms with Gasteiger partial charge in [-0.2, -0.15) is 13.2 Å². The number of carbonyl (C=O) groups excluding carboxylic acids is 1. The Morgan fingerprint density at radius 3 is 2.12 bits per heavy atom. The predicted molar refractivity (Wildman–Crippen MR) is 114 cm³/mol. The Morgan fingerprint density at radius 2 is 1.50 bits per heavy atom. The third kappa shape index (κ3) is 3.92. The van der Waals surface area contributed by atoms with Crippen LogP contribution in [-0.2, 0) is 6.18 Å². The van der Waals surface area contributed by atoms with Crippen molar-refractivity contribution in [1.82, 2.24) is 14.9 Å². The Morgan fingerprint density at radius 1 is 0.844 bits per heavy atom. The first-order valence-electron chi connectivity index (χ1n) is 10.5. The van der Waals surface area contributed by atoms with Crippen LogP contribution in [0.2, 0.25) is 0 Å².